The Morgan fingerprint density at radius 3 is 2.54 bits per heavy atom. The van der Waals surface area contributed by atoms with Gasteiger partial charge in [0.15, 0.2) is 0 Å². The van der Waals surface area contributed by atoms with Crippen molar-refractivity contribution in [3.05, 3.63) is 29.8 Å². The van der Waals surface area contributed by atoms with Gasteiger partial charge in [-0.15, -0.1) is 0 Å². The quantitative estimate of drug-likeness (QED) is 0.764. The number of carbonyl (C=O) groups excluding carboxylic acids is 1. The summed E-state index contributed by atoms with van der Waals surface area (Å²) >= 11 is 0. The van der Waals surface area contributed by atoms with Gasteiger partial charge >= 0.3 is 0 Å². The van der Waals surface area contributed by atoms with Crippen LogP contribution < -0.4 is 5.32 Å². The average molecular weight is 333 g/mol. The van der Waals surface area contributed by atoms with Gasteiger partial charge < -0.3 is 15.3 Å². The van der Waals surface area contributed by atoms with Crippen LogP contribution in [0.15, 0.2) is 24.3 Å². The molecule has 1 atom stereocenters. The van der Waals surface area contributed by atoms with Crippen molar-refractivity contribution in [2.75, 3.05) is 44.6 Å². The Kier molecular flexibility index (Phi) is 7.69. The Bertz CT molecular complexity index is 511. The summed E-state index contributed by atoms with van der Waals surface area (Å²) < 4.78 is 0. The van der Waals surface area contributed by atoms with E-state index in [4.69, 9.17) is 0 Å². The van der Waals surface area contributed by atoms with Crippen molar-refractivity contribution in [3.8, 4) is 0 Å². The van der Waals surface area contributed by atoms with E-state index >= 15 is 0 Å². The zero-order valence-electron chi connectivity index (χ0n) is 15.0. The zero-order valence-corrected chi connectivity index (χ0v) is 15.0. The normalized spacial score (nSPS) is 17.6. The van der Waals surface area contributed by atoms with Crippen LogP contribution in [-0.4, -0.2) is 66.2 Å². The van der Waals surface area contributed by atoms with Crippen LogP contribution in [0.2, 0.25) is 0 Å². The molecule has 1 fully saturated rings. The number of amides is 1. The summed E-state index contributed by atoms with van der Waals surface area (Å²) in [6.07, 6.45) is 2.61. The molecule has 1 amide bonds. The molecule has 0 aromatic heterocycles. The minimum absolute atomic E-state index is 0.0680. The Morgan fingerprint density at radius 2 is 1.88 bits per heavy atom. The summed E-state index contributed by atoms with van der Waals surface area (Å²) in [5, 5.41) is 12.4. The number of nitrogens with one attached hydrogen (secondary N) is 1. The number of piperazine rings is 1. The molecule has 0 spiro atoms. The van der Waals surface area contributed by atoms with Crippen molar-refractivity contribution in [2.24, 2.45) is 0 Å². The Labute approximate surface area is 145 Å². The first-order valence-electron chi connectivity index (χ1n) is 9.09. The van der Waals surface area contributed by atoms with Gasteiger partial charge in [-0.1, -0.05) is 25.1 Å². The van der Waals surface area contributed by atoms with Crippen molar-refractivity contribution in [2.45, 2.75) is 39.2 Å². The lowest BCUT2D eigenvalue weighted by atomic mass is 10.1. The van der Waals surface area contributed by atoms with E-state index in [1.165, 1.54) is 5.56 Å². The maximum atomic E-state index is 12.3. The number of benzene rings is 1. The monoisotopic (exact) mass is 333 g/mol. The molecule has 2 rings (SSSR count). The van der Waals surface area contributed by atoms with Gasteiger partial charge in [-0.3, -0.25) is 9.69 Å². The molecule has 1 aromatic carbocycles. The van der Waals surface area contributed by atoms with Crippen LogP contribution in [0.25, 0.3) is 0 Å². The minimum Gasteiger partial charge on any atom is -0.393 e. The molecule has 5 heteroatoms. The third-order valence-electron chi connectivity index (χ3n) is 4.60. The second-order valence-corrected chi connectivity index (χ2v) is 6.67. The summed E-state index contributed by atoms with van der Waals surface area (Å²) in [7, 11) is 0. The number of para-hydroxylation sites is 1. The van der Waals surface area contributed by atoms with E-state index in [0.717, 1.165) is 57.7 Å². The predicted molar refractivity (Wildman–Crippen MR) is 98.2 cm³/mol. The highest BCUT2D eigenvalue weighted by atomic mass is 16.3. The number of rotatable bonds is 8. The largest absolute Gasteiger partial charge is 0.393 e. The molecule has 1 aliphatic rings. The number of nitrogens with zero attached hydrogens (tertiary/aromatic N) is 2. The maximum Gasteiger partial charge on any atom is 0.238 e. The highest BCUT2D eigenvalue weighted by Crippen LogP contribution is 2.15. The van der Waals surface area contributed by atoms with Crippen LogP contribution in [0.4, 0.5) is 5.69 Å². The molecule has 1 saturated heterocycles. The number of carbonyl (C=O) groups is 1. The molecule has 0 radical (unpaired) electrons. The van der Waals surface area contributed by atoms with Crippen LogP contribution in [0.1, 0.15) is 32.3 Å². The van der Waals surface area contributed by atoms with Crippen molar-refractivity contribution in [3.63, 3.8) is 0 Å². The molecular formula is C19H31N3O2. The van der Waals surface area contributed by atoms with Crippen molar-refractivity contribution in [1.82, 2.24) is 9.80 Å². The van der Waals surface area contributed by atoms with Crippen LogP contribution >= 0.6 is 0 Å². The van der Waals surface area contributed by atoms with E-state index in [-0.39, 0.29) is 12.0 Å². The number of anilines is 1. The van der Waals surface area contributed by atoms with E-state index in [0.29, 0.717) is 6.54 Å². The van der Waals surface area contributed by atoms with Gasteiger partial charge in [0.1, 0.15) is 0 Å². The highest BCUT2D eigenvalue weighted by Gasteiger charge is 2.19. The number of aliphatic hydroxyl groups is 1. The van der Waals surface area contributed by atoms with Gasteiger partial charge in [0.05, 0.1) is 12.6 Å². The second-order valence-electron chi connectivity index (χ2n) is 6.67. The van der Waals surface area contributed by atoms with Gasteiger partial charge in [-0.05, 0) is 44.4 Å². The van der Waals surface area contributed by atoms with Gasteiger partial charge in [0.25, 0.3) is 0 Å². The molecule has 5 nitrogen and oxygen atoms in total. The third-order valence-corrected chi connectivity index (χ3v) is 4.60. The Morgan fingerprint density at radius 1 is 1.21 bits per heavy atom. The summed E-state index contributed by atoms with van der Waals surface area (Å²) in [5.74, 6) is 0.0680. The molecule has 1 aromatic rings. The topological polar surface area (TPSA) is 55.8 Å². The summed E-state index contributed by atoms with van der Waals surface area (Å²) in [6.45, 7) is 9.29. The Balaban J connectivity index is 1.70. The van der Waals surface area contributed by atoms with Crippen LogP contribution in [-0.2, 0) is 11.2 Å². The fourth-order valence-corrected chi connectivity index (χ4v) is 3.12. The van der Waals surface area contributed by atoms with E-state index in [1.807, 2.05) is 25.1 Å². The highest BCUT2D eigenvalue weighted by molar-refractivity contribution is 5.93. The lowest BCUT2D eigenvalue weighted by Gasteiger charge is -2.34. The molecule has 24 heavy (non-hydrogen) atoms. The molecule has 0 aliphatic carbocycles. The van der Waals surface area contributed by atoms with Crippen LogP contribution in [0.5, 0.6) is 0 Å². The van der Waals surface area contributed by atoms with E-state index in [2.05, 4.69) is 28.1 Å². The van der Waals surface area contributed by atoms with Crippen molar-refractivity contribution in [1.29, 1.82) is 0 Å². The summed E-state index contributed by atoms with van der Waals surface area (Å²) in [5.41, 5.74) is 2.11. The van der Waals surface area contributed by atoms with E-state index in [1.54, 1.807) is 0 Å². The van der Waals surface area contributed by atoms with Gasteiger partial charge in [0, 0.05) is 31.9 Å². The molecule has 1 heterocycles. The molecule has 2 N–H and O–H groups in total. The SMILES string of the molecule is CCc1ccccc1NC(=O)CN1CCN(CCC[C@H](C)O)CC1. The lowest BCUT2D eigenvalue weighted by molar-refractivity contribution is -0.117. The number of hydrogen-bond acceptors (Lipinski definition) is 4. The fraction of sp³-hybridized carbons (Fsp3) is 0.632. The minimum atomic E-state index is -0.207. The molecule has 0 unspecified atom stereocenters. The van der Waals surface area contributed by atoms with E-state index < -0.39 is 0 Å². The van der Waals surface area contributed by atoms with Crippen molar-refractivity contribution < 1.29 is 9.90 Å². The van der Waals surface area contributed by atoms with Crippen LogP contribution in [0.3, 0.4) is 0 Å². The Hall–Kier alpha value is -1.43. The van der Waals surface area contributed by atoms with Gasteiger partial charge in [-0.25, -0.2) is 0 Å². The number of aryl methyl sites for hydroxylation is 1. The number of aliphatic hydroxyl groups excluding tert-OH is 1. The maximum absolute atomic E-state index is 12.3. The van der Waals surface area contributed by atoms with E-state index in [9.17, 15) is 9.90 Å². The molecule has 0 bridgehead atoms. The smallest absolute Gasteiger partial charge is 0.238 e. The number of hydrogen-bond donors (Lipinski definition) is 2. The average Bonchev–Trinajstić information content (AvgIpc) is 2.56. The van der Waals surface area contributed by atoms with Gasteiger partial charge in [0.2, 0.25) is 5.91 Å². The standard InChI is InChI=1S/C19H31N3O2/c1-3-17-8-4-5-9-18(17)20-19(24)15-22-13-11-21(12-14-22)10-6-7-16(2)23/h4-5,8-9,16,23H,3,6-7,10-15H2,1-2H3,(H,20,24)/t16-/m0/s1. The lowest BCUT2D eigenvalue weighted by Crippen LogP contribution is -2.48. The third kappa shape index (κ3) is 6.23. The zero-order chi connectivity index (χ0) is 17.4. The van der Waals surface area contributed by atoms with Crippen LogP contribution in [0, 0.1) is 0 Å². The first-order valence-corrected chi connectivity index (χ1v) is 9.09. The van der Waals surface area contributed by atoms with Gasteiger partial charge in [-0.2, -0.15) is 0 Å². The molecular weight excluding hydrogens is 302 g/mol. The fourth-order valence-electron chi connectivity index (χ4n) is 3.12. The molecule has 0 saturated carbocycles. The molecule has 134 valence electrons. The van der Waals surface area contributed by atoms with Crippen molar-refractivity contribution >= 4 is 11.6 Å². The first-order chi connectivity index (χ1) is 11.6. The summed E-state index contributed by atoms with van der Waals surface area (Å²) in [6, 6.07) is 7.99. The second kappa shape index (κ2) is 9.77. The first kappa shape index (κ1) is 18.9. The molecule has 1 aliphatic heterocycles. The summed E-state index contributed by atoms with van der Waals surface area (Å²) in [4.78, 5) is 16.9. The predicted octanol–water partition coefficient (Wildman–Crippen LogP) is 1.97.